The van der Waals surface area contributed by atoms with Crippen molar-refractivity contribution in [1.82, 2.24) is 15.2 Å². The lowest BCUT2D eigenvalue weighted by Crippen LogP contribution is -2.13. The summed E-state index contributed by atoms with van der Waals surface area (Å²) >= 11 is 3.10. The Kier molecular flexibility index (Phi) is 4.57. The molecule has 0 saturated carbocycles. The van der Waals surface area contributed by atoms with Crippen molar-refractivity contribution in [3.05, 3.63) is 58.9 Å². The predicted molar refractivity (Wildman–Crippen MR) is 119 cm³/mol. The van der Waals surface area contributed by atoms with Crippen LogP contribution in [0.4, 0.5) is 5.13 Å². The second kappa shape index (κ2) is 7.38. The topological polar surface area (TPSA) is 72.3 Å². The van der Waals surface area contributed by atoms with Gasteiger partial charge in [0.25, 0.3) is 0 Å². The summed E-state index contributed by atoms with van der Waals surface area (Å²) in [5.74, 6) is 0.826. The van der Waals surface area contributed by atoms with Crippen LogP contribution in [0.25, 0.3) is 31.6 Å². The molecule has 1 aliphatic carbocycles. The third kappa shape index (κ3) is 3.30. The first-order chi connectivity index (χ1) is 14.2. The molecule has 0 spiro atoms. The van der Waals surface area contributed by atoms with Crippen molar-refractivity contribution >= 4 is 48.8 Å². The summed E-state index contributed by atoms with van der Waals surface area (Å²) in [5, 5.41) is 16.2. The number of fused-ring (bicyclic) bond motifs is 3. The number of nitrogens with one attached hydrogen (secondary N) is 1. The maximum atomic E-state index is 5.38. The molecule has 3 aromatic rings. The maximum Gasteiger partial charge on any atom is 0.225 e. The number of aromatic nitrogens is 3. The van der Waals surface area contributed by atoms with Crippen LogP contribution in [0.2, 0.25) is 0 Å². The minimum absolute atomic E-state index is 0.648. The average molecular weight is 420 g/mol. The van der Waals surface area contributed by atoms with Crippen molar-refractivity contribution in [3.8, 4) is 16.3 Å². The lowest BCUT2D eigenvalue weighted by atomic mass is 10.0. The van der Waals surface area contributed by atoms with E-state index in [1.54, 1.807) is 24.0 Å². The molecule has 2 aromatic carbocycles. The molecule has 8 heteroatoms. The molecule has 2 heterocycles. The lowest BCUT2D eigenvalue weighted by molar-refractivity contribution is 0.415. The number of aryl methyl sites for hydroxylation is 1. The highest BCUT2D eigenvalue weighted by Crippen LogP contribution is 2.33. The van der Waals surface area contributed by atoms with Crippen molar-refractivity contribution in [2.75, 3.05) is 12.5 Å². The number of ether oxygens (including phenoxy) is 1. The number of anilines is 1. The zero-order valence-corrected chi connectivity index (χ0v) is 17.5. The first-order valence-electron chi connectivity index (χ1n) is 9.15. The van der Waals surface area contributed by atoms with Crippen LogP contribution < -0.4 is 15.5 Å². The molecular weight excluding hydrogens is 402 g/mol. The van der Waals surface area contributed by atoms with E-state index in [1.165, 1.54) is 16.9 Å². The summed E-state index contributed by atoms with van der Waals surface area (Å²) in [6.45, 7) is 2.16. The van der Waals surface area contributed by atoms with Crippen molar-refractivity contribution in [1.29, 1.82) is 0 Å². The Morgan fingerprint density at radius 1 is 1.14 bits per heavy atom. The lowest BCUT2D eigenvalue weighted by Gasteiger charge is -2.11. The molecule has 0 fully saturated rings. The molecule has 6 nitrogen and oxygen atoms in total. The van der Waals surface area contributed by atoms with E-state index in [-0.39, 0.29) is 0 Å². The van der Waals surface area contributed by atoms with Gasteiger partial charge in [0.1, 0.15) is 22.3 Å². The van der Waals surface area contributed by atoms with Crippen LogP contribution in [0.3, 0.4) is 0 Å². The van der Waals surface area contributed by atoms with E-state index >= 15 is 0 Å². The van der Waals surface area contributed by atoms with Crippen LogP contribution in [0.1, 0.15) is 12.5 Å². The minimum Gasteiger partial charge on any atom is -0.497 e. The molecule has 2 aliphatic rings. The fraction of sp³-hybridized carbons (Fsp3) is 0.143. The van der Waals surface area contributed by atoms with Gasteiger partial charge in [0.15, 0.2) is 0 Å². The Balaban J connectivity index is 1.83. The average Bonchev–Trinajstić information content (AvgIpc) is 3.28. The maximum absolute atomic E-state index is 5.38. The van der Waals surface area contributed by atoms with Gasteiger partial charge in [-0.25, -0.2) is 4.98 Å². The van der Waals surface area contributed by atoms with Gasteiger partial charge in [0, 0.05) is 5.39 Å². The SMILES string of the molecule is CCc1ccc2/c(=N/Nc3nncs3)c3nc4ccc(OC)cc4sc-3cc2c1. The molecule has 144 valence electrons. The number of hydrogen-bond donors (Lipinski definition) is 1. The van der Waals surface area contributed by atoms with Crippen molar-refractivity contribution in [3.63, 3.8) is 0 Å². The van der Waals surface area contributed by atoms with Crippen LogP contribution in [0.5, 0.6) is 5.75 Å². The van der Waals surface area contributed by atoms with Gasteiger partial charge in [0.05, 0.1) is 22.2 Å². The van der Waals surface area contributed by atoms with Crippen LogP contribution in [-0.4, -0.2) is 22.3 Å². The van der Waals surface area contributed by atoms with Gasteiger partial charge >= 0.3 is 0 Å². The standard InChI is InChI=1S/C21H17N5OS2/c1-3-12-4-6-15-13(8-12)9-18-20(19(15)24-26-21-25-22-11-28-21)23-16-7-5-14(27-2)10-17(16)29-18/h4-11H,3H2,1-2H3,(H,25,26)/b24-19-. The molecule has 1 aliphatic heterocycles. The van der Waals surface area contributed by atoms with E-state index in [4.69, 9.17) is 9.72 Å². The highest BCUT2D eigenvalue weighted by molar-refractivity contribution is 7.21. The van der Waals surface area contributed by atoms with E-state index in [1.807, 2.05) is 18.2 Å². The van der Waals surface area contributed by atoms with Gasteiger partial charge in [-0.1, -0.05) is 36.5 Å². The van der Waals surface area contributed by atoms with Crippen molar-refractivity contribution in [2.24, 2.45) is 5.10 Å². The zero-order valence-electron chi connectivity index (χ0n) is 15.8. The second-order valence-electron chi connectivity index (χ2n) is 6.50. The fourth-order valence-corrected chi connectivity index (χ4v) is 4.72. The largest absolute Gasteiger partial charge is 0.497 e. The molecule has 5 rings (SSSR count). The molecular formula is C21H17N5OS2. The normalized spacial score (nSPS) is 12.1. The summed E-state index contributed by atoms with van der Waals surface area (Å²) < 4.78 is 6.45. The third-order valence-electron chi connectivity index (χ3n) is 4.77. The van der Waals surface area contributed by atoms with Crippen LogP contribution in [0, 0.1) is 0 Å². The summed E-state index contributed by atoms with van der Waals surface area (Å²) in [4.78, 5) is 6.01. The predicted octanol–water partition coefficient (Wildman–Crippen LogP) is 4.90. The number of hydrogen-bond acceptors (Lipinski definition) is 8. The van der Waals surface area contributed by atoms with Gasteiger partial charge in [-0.05, 0) is 41.6 Å². The molecule has 0 radical (unpaired) electrons. The van der Waals surface area contributed by atoms with E-state index in [0.717, 1.165) is 49.1 Å². The molecule has 29 heavy (non-hydrogen) atoms. The first-order valence-corrected chi connectivity index (χ1v) is 10.8. The molecule has 1 aromatic heterocycles. The van der Waals surface area contributed by atoms with E-state index < -0.39 is 0 Å². The zero-order chi connectivity index (χ0) is 19.8. The molecule has 0 unspecified atom stereocenters. The van der Waals surface area contributed by atoms with Crippen molar-refractivity contribution < 1.29 is 4.74 Å². The van der Waals surface area contributed by atoms with Crippen LogP contribution >= 0.6 is 22.7 Å². The quantitative estimate of drug-likeness (QED) is 0.331. The van der Waals surface area contributed by atoms with Crippen LogP contribution in [-0.2, 0) is 6.42 Å². The van der Waals surface area contributed by atoms with Gasteiger partial charge in [-0.3, -0.25) is 5.43 Å². The number of nitrogens with zero attached hydrogens (tertiary/aromatic N) is 4. The highest BCUT2D eigenvalue weighted by Gasteiger charge is 2.14. The molecule has 0 saturated heterocycles. The molecule has 1 N–H and O–H groups in total. The minimum atomic E-state index is 0.648. The highest BCUT2D eigenvalue weighted by atomic mass is 32.1. The Hall–Kier alpha value is -3.10. The monoisotopic (exact) mass is 419 g/mol. The third-order valence-corrected chi connectivity index (χ3v) is 6.44. The molecule has 0 atom stereocenters. The van der Waals surface area contributed by atoms with Crippen LogP contribution in [0.15, 0.2) is 53.1 Å². The molecule has 0 amide bonds. The van der Waals surface area contributed by atoms with Gasteiger partial charge < -0.3 is 4.74 Å². The summed E-state index contributed by atoms with van der Waals surface area (Å²) in [6, 6.07) is 14.6. The van der Waals surface area contributed by atoms with Gasteiger partial charge in [0.2, 0.25) is 5.13 Å². The number of benzene rings is 3. The summed E-state index contributed by atoms with van der Waals surface area (Å²) in [7, 11) is 1.68. The summed E-state index contributed by atoms with van der Waals surface area (Å²) in [6.07, 6.45) is 0.986. The fourth-order valence-electron chi connectivity index (χ4n) is 3.28. The smallest absolute Gasteiger partial charge is 0.225 e. The Labute approximate surface area is 174 Å². The Morgan fingerprint density at radius 2 is 2.07 bits per heavy atom. The van der Waals surface area contributed by atoms with Gasteiger partial charge in [-0.15, -0.1) is 21.5 Å². The van der Waals surface area contributed by atoms with Gasteiger partial charge in [-0.2, -0.15) is 5.10 Å². The number of rotatable bonds is 4. The molecule has 0 bridgehead atoms. The Morgan fingerprint density at radius 3 is 2.86 bits per heavy atom. The Bertz CT molecular complexity index is 1360. The van der Waals surface area contributed by atoms with E-state index in [9.17, 15) is 0 Å². The van der Waals surface area contributed by atoms with Crippen molar-refractivity contribution in [2.45, 2.75) is 13.3 Å². The summed E-state index contributed by atoms with van der Waals surface area (Å²) in [5.41, 5.74) is 7.78. The second-order valence-corrected chi connectivity index (χ2v) is 8.41. The number of methoxy groups -OCH3 is 1. The van der Waals surface area contributed by atoms with E-state index in [2.05, 4.69) is 51.9 Å². The first kappa shape index (κ1) is 18.0. The van der Waals surface area contributed by atoms with E-state index in [0.29, 0.717) is 5.13 Å².